The van der Waals surface area contributed by atoms with E-state index in [2.05, 4.69) is 68.0 Å². The molecule has 0 atom stereocenters. The maximum Gasteiger partial charge on any atom is 0.321 e. The summed E-state index contributed by atoms with van der Waals surface area (Å²) in [4.78, 5) is 7.93. The Kier molecular flexibility index (Phi) is 6.57. The number of aromatic nitrogens is 6. The molecule has 0 fully saturated rings. The molecule has 0 aliphatic heterocycles. The molecular weight excluding hydrogens is 519 g/mol. The molecule has 0 bridgehead atoms. The SMILES string of the molecule is Cn1nc(Br)nc1Br.Cn1nc(Br)nc1Oc1cccc(Cl)c1. The molecule has 0 aliphatic rings. The predicted molar refractivity (Wildman–Crippen MR) is 96.6 cm³/mol. The van der Waals surface area contributed by atoms with E-state index in [0.29, 0.717) is 26.2 Å². The van der Waals surface area contributed by atoms with E-state index in [4.69, 9.17) is 16.3 Å². The van der Waals surface area contributed by atoms with Gasteiger partial charge in [0.25, 0.3) is 0 Å². The van der Waals surface area contributed by atoms with Crippen LogP contribution in [0, 0.1) is 0 Å². The van der Waals surface area contributed by atoms with Crippen LogP contribution in [0.2, 0.25) is 5.02 Å². The van der Waals surface area contributed by atoms with Crippen molar-refractivity contribution in [2.75, 3.05) is 0 Å². The van der Waals surface area contributed by atoms with E-state index < -0.39 is 0 Å². The lowest BCUT2D eigenvalue weighted by Crippen LogP contribution is -1.95. The van der Waals surface area contributed by atoms with Crippen molar-refractivity contribution >= 4 is 59.4 Å². The third-order valence-corrected chi connectivity index (χ3v) is 3.98. The average molecular weight is 529 g/mol. The normalized spacial score (nSPS) is 10.2. The van der Waals surface area contributed by atoms with Gasteiger partial charge in [-0.3, -0.25) is 0 Å². The molecule has 3 aromatic rings. The standard InChI is InChI=1S/C9H7BrClN3O.C3H3Br2N3/c1-14-9(12-8(10)13-14)15-7-4-2-3-6(11)5-7;1-8-3(5)6-2(4)7-8/h2-5H,1H3;1H3. The second-order valence-electron chi connectivity index (χ2n) is 4.12. The van der Waals surface area contributed by atoms with Crippen molar-refractivity contribution in [3.63, 3.8) is 0 Å². The molecule has 0 aliphatic carbocycles. The van der Waals surface area contributed by atoms with Gasteiger partial charge in [-0.15, -0.1) is 10.2 Å². The highest BCUT2D eigenvalue weighted by Gasteiger charge is 2.07. The van der Waals surface area contributed by atoms with Crippen LogP contribution in [0.5, 0.6) is 11.8 Å². The Bertz CT molecular complexity index is 786. The fraction of sp³-hybridized carbons (Fsp3) is 0.167. The number of aryl methyl sites for hydroxylation is 2. The highest BCUT2D eigenvalue weighted by molar-refractivity contribution is 9.11. The molecule has 11 heteroatoms. The van der Waals surface area contributed by atoms with Gasteiger partial charge in [0, 0.05) is 19.1 Å². The molecule has 0 saturated carbocycles. The van der Waals surface area contributed by atoms with Crippen molar-refractivity contribution < 1.29 is 4.74 Å². The van der Waals surface area contributed by atoms with Crippen molar-refractivity contribution in [2.24, 2.45) is 14.1 Å². The first-order chi connectivity index (χ1) is 10.8. The minimum atomic E-state index is 0.407. The number of nitrogens with zero attached hydrogens (tertiary/aromatic N) is 6. The first kappa shape index (κ1) is 18.4. The molecule has 0 saturated heterocycles. The molecule has 122 valence electrons. The second-order valence-corrected chi connectivity index (χ2v) is 6.68. The monoisotopic (exact) mass is 526 g/mol. The van der Waals surface area contributed by atoms with Gasteiger partial charge in [-0.1, -0.05) is 17.7 Å². The number of hydrogen-bond acceptors (Lipinski definition) is 5. The molecule has 7 nitrogen and oxygen atoms in total. The van der Waals surface area contributed by atoms with E-state index in [1.54, 1.807) is 29.9 Å². The first-order valence-corrected chi connectivity index (χ1v) is 8.83. The Hall–Kier alpha value is -0.970. The van der Waals surface area contributed by atoms with Gasteiger partial charge in [0.1, 0.15) is 5.75 Å². The van der Waals surface area contributed by atoms with Gasteiger partial charge in [-0.2, -0.15) is 9.97 Å². The van der Waals surface area contributed by atoms with Crippen LogP contribution >= 0.6 is 59.4 Å². The largest absolute Gasteiger partial charge is 0.424 e. The molecule has 1 aromatic carbocycles. The summed E-state index contributed by atoms with van der Waals surface area (Å²) in [6.45, 7) is 0. The van der Waals surface area contributed by atoms with Crippen LogP contribution in [0.3, 0.4) is 0 Å². The zero-order valence-electron chi connectivity index (χ0n) is 11.9. The maximum absolute atomic E-state index is 5.82. The highest BCUT2D eigenvalue weighted by atomic mass is 79.9. The van der Waals surface area contributed by atoms with Crippen LogP contribution in [0.15, 0.2) is 38.5 Å². The number of benzene rings is 1. The molecule has 0 amide bonds. The Morgan fingerprint density at radius 2 is 1.65 bits per heavy atom. The third kappa shape index (κ3) is 5.55. The summed E-state index contributed by atoms with van der Waals surface area (Å²) < 4.78 is 10.5. The van der Waals surface area contributed by atoms with E-state index in [1.165, 1.54) is 4.68 Å². The summed E-state index contributed by atoms with van der Waals surface area (Å²) in [5.74, 6) is 0.630. The van der Waals surface area contributed by atoms with Gasteiger partial charge in [0.15, 0.2) is 4.73 Å². The van der Waals surface area contributed by atoms with Gasteiger partial charge >= 0.3 is 6.01 Å². The van der Waals surface area contributed by atoms with E-state index >= 15 is 0 Å². The molecule has 0 radical (unpaired) electrons. The van der Waals surface area contributed by atoms with Gasteiger partial charge in [0.05, 0.1) is 0 Å². The van der Waals surface area contributed by atoms with Crippen molar-refractivity contribution in [2.45, 2.75) is 0 Å². The van der Waals surface area contributed by atoms with Gasteiger partial charge in [-0.25, -0.2) is 9.36 Å². The Morgan fingerprint density at radius 1 is 1.00 bits per heavy atom. The molecule has 2 heterocycles. The summed E-state index contributed by atoms with van der Waals surface area (Å²) in [6.07, 6.45) is 0. The van der Waals surface area contributed by atoms with E-state index in [0.717, 1.165) is 4.73 Å². The minimum absolute atomic E-state index is 0.407. The van der Waals surface area contributed by atoms with E-state index in [-0.39, 0.29) is 0 Å². The number of ether oxygens (including phenoxy) is 1. The lowest BCUT2D eigenvalue weighted by Gasteiger charge is -2.03. The number of halogens is 4. The Labute approximate surface area is 162 Å². The zero-order chi connectivity index (χ0) is 17.0. The Balaban J connectivity index is 0.000000203. The van der Waals surface area contributed by atoms with Crippen LogP contribution in [0.4, 0.5) is 0 Å². The number of hydrogen-bond donors (Lipinski definition) is 0. The fourth-order valence-corrected chi connectivity index (χ4v) is 2.86. The molecule has 0 unspecified atom stereocenters. The van der Waals surface area contributed by atoms with Crippen LogP contribution in [-0.4, -0.2) is 29.5 Å². The van der Waals surface area contributed by atoms with Crippen molar-refractivity contribution in [3.05, 3.63) is 43.5 Å². The summed E-state index contributed by atoms with van der Waals surface area (Å²) in [7, 11) is 3.56. The van der Waals surface area contributed by atoms with E-state index in [1.807, 2.05) is 13.1 Å². The highest BCUT2D eigenvalue weighted by Crippen LogP contribution is 2.23. The Morgan fingerprint density at radius 3 is 2.09 bits per heavy atom. The molecule has 0 spiro atoms. The van der Waals surface area contributed by atoms with E-state index in [9.17, 15) is 0 Å². The van der Waals surface area contributed by atoms with Gasteiger partial charge in [0.2, 0.25) is 9.47 Å². The molecule has 23 heavy (non-hydrogen) atoms. The summed E-state index contributed by atoms with van der Waals surface area (Å²) in [6, 6.07) is 7.51. The average Bonchev–Trinajstić information content (AvgIpc) is 2.92. The van der Waals surface area contributed by atoms with Crippen LogP contribution < -0.4 is 4.74 Å². The number of rotatable bonds is 2. The summed E-state index contributed by atoms with van der Waals surface area (Å²) in [5.41, 5.74) is 0. The quantitative estimate of drug-likeness (QED) is 0.494. The lowest BCUT2D eigenvalue weighted by atomic mass is 10.3. The topological polar surface area (TPSA) is 70.7 Å². The van der Waals surface area contributed by atoms with Crippen LogP contribution in [0.1, 0.15) is 0 Å². The van der Waals surface area contributed by atoms with Gasteiger partial charge in [-0.05, 0) is 66.0 Å². The molecule has 0 N–H and O–H groups in total. The molecular formula is C12H10Br3ClN6O. The summed E-state index contributed by atoms with van der Waals surface area (Å²) in [5, 5.41) is 8.50. The zero-order valence-corrected chi connectivity index (χ0v) is 17.4. The van der Waals surface area contributed by atoms with Crippen molar-refractivity contribution in [1.82, 2.24) is 29.5 Å². The van der Waals surface area contributed by atoms with Crippen LogP contribution in [-0.2, 0) is 14.1 Å². The summed E-state index contributed by atoms with van der Waals surface area (Å²) >= 11 is 15.3. The van der Waals surface area contributed by atoms with Crippen molar-refractivity contribution in [1.29, 1.82) is 0 Å². The van der Waals surface area contributed by atoms with Crippen molar-refractivity contribution in [3.8, 4) is 11.8 Å². The first-order valence-electron chi connectivity index (χ1n) is 6.07. The third-order valence-electron chi connectivity index (χ3n) is 2.39. The molecule has 3 rings (SSSR count). The molecule has 2 aromatic heterocycles. The smallest absolute Gasteiger partial charge is 0.321 e. The lowest BCUT2D eigenvalue weighted by molar-refractivity contribution is 0.415. The minimum Gasteiger partial charge on any atom is -0.424 e. The fourth-order valence-electron chi connectivity index (χ4n) is 1.40. The second kappa shape index (κ2) is 8.22. The van der Waals surface area contributed by atoms with Gasteiger partial charge < -0.3 is 4.74 Å². The maximum atomic E-state index is 5.82. The predicted octanol–water partition coefficient (Wildman–Crippen LogP) is 4.36. The van der Waals surface area contributed by atoms with Crippen LogP contribution in [0.25, 0.3) is 0 Å².